The highest BCUT2D eigenvalue weighted by molar-refractivity contribution is 7.99. The van der Waals surface area contributed by atoms with Gasteiger partial charge in [0.1, 0.15) is 0 Å². The molecule has 0 saturated carbocycles. The Morgan fingerprint density at radius 3 is 2.36 bits per heavy atom. The van der Waals surface area contributed by atoms with Gasteiger partial charge < -0.3 is 10.6 Å². The molecule has 8 nitrogen and oxygen atoms in total. The molecule has 0 aliphatic rings. The smallest absolute Gasteiger partial charge is 0.234 e. The number of carbonyl (C=O) groups is 2. The zero-order valence-electron chi connectivity index (χ0n) is 21.3. The molecule has 202 valence electrons. The summed E-state index contributed by atoms with van der Waals surface area (Å²) in [6, 6.07) is 17.7. The zero-order chi connectivity index (χ0) is 28.2. The molecule has 39 heavy (non-hydrogen) atoms. The molecule has 0 atom stereocenters. The van der Waals surface area contributed by atoms with Crippen molar-refractivity contribution in [2.24, 2.45) is 0 Å². The Bertz CT molecular complexity index is 1520. The first kappa shape index (κ1) is 28.9. The molecular formula is C27H25Cl3N6O2S. The fraction of sp³-hybridized carbons (Fsp3) is 0.222. The van der Waals surface area contributed by atoms with E-state index in [1.807, 2.05) is 24.3 Å². The Labute approximate surface area is 245 Å². The monoisotopic (exact) mass is 602 g/mol. The number of benzene rings is 3. The highest BCUT2D eigenvalue weighted by Crippen LogP contribution is 2.31. The van der Waals surface area contributed by atoms with Gasteiger partial charge in [0.15, 0.2) is 0 Å². The number of carbonyl (C=O) groups excluding carboxylic acids is 2. The lowest BCUT2D eigenvalue weighted by Gasteiger charge is -2.20. The van der Waals surface area contributed by atoms with Crippen LogP contribution < -0.4 is 10.6 Å². The Morgan fingerprint density at radius 1 is 0.897 bits per heavy atom. The van der Waals surface area contributed by atoms with E-state index in [4.69, 9.17) is 34.8 Å². The molecule has 1 aromatic heterocycles. The molecule has 0 bridgehead atoms. The topological polar surface area (TPSA) is 102 Å². The molecule has 0 fully saturated rings. The van der Waals surface area contributed by atoms with Crippen LogP contribution in [0.25, 0.3) is 5.69 Å². The SMILES string of the molecule is CC(C)(C)c1ccc(-n2nnnc2SCC(=O)Nc2ccc(NC(=O)Cc3ccccc3Cl)cc2Cl)c(Cl)c1. The van der Waals surface area contributed by atoms with E-state index in [0.29, 0.717) is 32.3 Å². The molecule has 0 saturated heterocycles. The van der Waals surface area contributed by atoms with Gasteiger partial charge in [-0.25, -0.2) is 0 Å². The molecule has 12 heteroatoms. The standard InChI is InChI=1S/C27H25Cl3N6O2S/c1-27(2,3)17-8-11-23(21(30)13-17)36-26(33-34-35-36)39-15-25(38)32-22-10-9-18(14-20(22)29)31-24(37)12-16-6-4-5-7-19(16)28/h4-11,13-14H,12,15H2,1-3H3,(H,31,37)(H,32,38). The van der Waals surface area contributed by atoms with E-state index >= 15 is 0 Å². The van der Waals surface area contributed by atoms with Crippen molar-refractivity contribution in [3.63, 3.8) is 0 Å². The van der Waals surface area contributed by atoms with Gasteiger partial charge in [-0.3, -0.25) is 9.59 Å². The van der Waals surface area contributed by atoms with Crippen LogP contribution in [-0.4, -0.2) is 37.8 Å². The van der Waals surface area contributed by atoms with Crippen molar-refractivity contribution in [3.05, 3.63) is 86.9 Å². The number of rotatable bonds is 8. The number of hydrogen-bond donors (Lipinski definition) is 2. The second-order valence-corrected chi connectivity index (χ2v) is 11.8. The number of nitrogens with one attached hydrogen (secondary N) is 2. The number of thioether (sulfide) groups is 1. The predicted octanol–water partition coefficient (Wildman–Crippen LogP) is 6.83. The van der Waals surface area contributed by atoms with E-state index in [1.54, 1.807) is 36.4 Å². The Balaban J connectivity index is 1.35. The maximum absolute atomic E-state index is 12.7. The van der Waals surface area contributed by atoms with E-state index in [0.717, 1.165) is 22.9 Å². The highest BCUT2D eigenvalue weighted by atomic mass is 35.5. The number of nitrogens with zero attached hydrogens (tertiary/aromatic N) is 4. The van der Waals surface area contributed by atoms with Crippen LogP contribution in [0.5, 0.6) is 0 Å². The first-order chi connectivity index (χ1) is 18.5. The van der Waals surface area contributed by atoms with Gasteiger partial charge in [-0.15, -0.1) is 5.10 Å². The van der Waals surface area contributed by atoms with Gasteiger partial charge in [0.2, 0.25) is 17.0 Å². The number of hydrogen-bond acceptors (Lipinski definition) is 6. The van der Waals surface area contributed by atoms with Crippen LogP contribution in [0.3, 0.4) is 0 Å². The third-order valence-corrected chi connectivity index (χ3v) is 7.55. The normalized spacial score (nSPS) is 11.3. The average Bonchev–Trinajstić information content (AvgIpc) is 3.33. The van der Waals surface area contributed by atoms with E-state index in [-0.39, 0.29) is 34.4 Å². The summed E-state index contributed by atoms with van der Waals surface area (Å²) in [5, 5.41) is 19.1. The first-order valence-electron chi connectivity index (χ1n) is 11.9. The molecule has 4 aromatic rings. The van der Waals surface area contributed by atoms with Crippen LogP contribution in [0, 0.1) is 0 Å². The largest absolute Gasteiger partial charge is 0.326 e. The summed E-state index contributed by atoms with van der Waals surface area (Å²) in [5.41, 5.74) is 3.28. The first-order valence-corrected chi connectivity index (χ1v) is 14.0. The van der Waals surface area contributed by atoms with Crippen LogP contribution in [0.15, 0.2) is 65.8 Å². The predicted molar refractivity (Wildman–Crippen MR) is 157 cm³/mol. The van der Waals surface area contributed by atoms with Gasteiger partial charge in [-0.05, 0) is 63.4 Å². The molecule has 0 spiro atoms. The van der Waals surface area contributed by atoms with Crippen LogP contribution in [0.2, 0.25) is 15.1 Å². The lowest BCUT2D eigenvalue weighted by molar-refractivity contribution is -0.115. The van der Waals surface area contributed by atoms with Crippen molar-refractivity contribution in [1.29, 1.82) is 0 Å². The molecule has 0 aliphatic heterocycles. The lowest BCUT2D eigenvalue weighted by Crippen LogP contribution is -2.16. The molecule has 2 N–H and O–H groups in total. The van der Waals surface area contributed by atoms with Gasteiger partial charge in [0.05, 0.1) is 33.6 Å². The summed E-state index contributed by atoms with van der Waals surface area (Å²) >= 11 is 20.2. The number of tetrazole rings is 1. The molecule has 0 unspecified atom stereocenters. The van der Waals surface area contributed by atoms with Gasteiger partial charge in [-0.1, -0.05) is 91.6 Å². The number of anilines is 2. The Hall–Kier alpha value is -3.11. The molecule has 4 rings (SSSR count). The van der Waals surface area contributed by atoms with E-state index in [9.17, 15) is 9.59 Å². The number of amides is 2. The van der Waals surface area contributed by atoms with E-state index in [2.05, 4.69) is 46.9 Å². The Morgan fingerprint density at radius 2 is 1.67 bits per heavy atom. The summed E-state index contributed by atoms with van der Waals surface area (Å²) in [6.45, 7) is 6.31. The van der Waals surface area contributed by atoms with Crippen LogP contribution in [0.1, 0.15) is 31.9 Å². The molecule has 1 heterocycles. The van der Waals surface area contributed by atoms with Crippen molar-refractivity contribution >= 4 is 69.8 Å². The molecule has 0 aliphatic carbocycles. The summed E-state index contributed by atoms with van der Waals surface area (Å²) in [7, 11) is 0. The van der Waals surface area contributed by atoms with Crippen LogP contribution >= 0.6 is 46.6 Å². The highest BCUT2D eigenvalue weighted by Gasteiger charge is 2.19. The summed E-state index contributed by atoms with van der Waals surface area (Å²) in [5.74, 6) is -0.510. The van der Waals surface area contributed by atoms with Crippen molar-refractivity contribution in [3.8, 4) is 5.69 Å². The second-order valence-electron chi connectivity index (χ2n) is 9.64. The second kappa shape index (κ2) is 12.4. The Kier molecular flexibility index (Phi) is 9.17. The molecule has 0 radical (unpaired) electrons. The third-order valence-electron chi connectivity index (χ3n) is 5.65. The summed E-state index contributed by atoms with van der Waals surface area (Å²) in [4.78, 5) is 25.1. The summed E-state index contributed by atoms with van der Waals surface area (Å²) < 4.78 is 1.50. The minimum Gasteiger partial charge on any atom is -0.326 e. The van der Waals surface area contributed by atoms with Crippen molar-refractivity contribution < 1.29 is 9.59 Å². The molecular weight excluding hydrogens is 579 g/mol. The maximum atomic E-state index is 12.7. The zero-order valence-corrected chi connectivity index (χ0v) is 24.4. The quantitative estimate of drug-likeness (QED) is 0.214. The van der Waals surface area contributed by atoms with E-state index in [1.165, 1.54) is 4.68 Å². The van der Waals surface area contributed by atoms with Crippen molar-refractivity contribution in [2.75, 3.05) is 16.4 Å². The number of aromatic nitrogens is 4. The van der Waals surface area contributed by atoms with Gasteiger partial charge >= 0.3 is 0 Å². The maximum Gasteiger partial charge on any atom is 0.234 e. The van der Waals surface area contributed by atoms with Gasteiger partial charge in [0, 0.05) is 10.7 Å². The summed E-state index contributed by atoms with van der Waals surface area (Å²) in [6.07, 6.45) is 0.123. The lowest BCUT2D eigenvalue weighted by atomic mass is 9.87. The molecule has 3 aromatic carbocycles. The van der Waals surface area contributed by atoms with Gasteiger partial charge in [-0.2, -0.15) is 4.68 Å². The fourth-order valence-corrected chi connectivity index (χ4v) is 4.97. The van der Waals surface area contributed by atoms with E-state index < -0.39 is 0 Å². The van der Waals surface area contributed by atoms with Crippen molar-refractivity contribution in [2.45, 2.75) is 37.8 Å². The minimum atomic E-state index is -0.305. The van der Waals surface area contributed by atoms with Crippen molar-refractivity contribution in [1.82, 2.24) is 20.2 Å². The fourth-order valence-electron chi connectivity index (χ4n) is 3.60. The molecule has 2 amide bonds. The average molecular weight is 604 g/mol. The minimum absolute atomic E-state index is 0.0325. The van der Waals surface area contributed by atoms with Gasteiger partial charge in [0.25, 0.3) is 0 Å². The van der Waals surface area contributed by atoms with Crippen LogP contribution in [0.4, 0.5) is 11.4 Å². The van der Waals surface area contributed by atoms with Crippen LogP contribution in [-0.2, 0) is 21.4 Å². The third kappa shape index (κ3) is 7.51. The number of halogens is 3.